The second kappa shape index (κ2) is 7.56. The summed E-state index contributed by atoms with van der Waals surface area (Å²) in [5, 5.41) is 1.75. The van der Waals surface area contributed by atoms with Gasteiger partial charge in [-0.1, -0.05) is 18.2 Å². The summed E-state index contributed by atoms with van der Waals surface area (Å²) in [5.41, 5.74) is 6.32. The predicted octanol–water partition coefficient (Wildman–Crippen LogP) is 1.43. The Balaban J connectivity index is 1.88. The molecule has 4 amide bonds. The maximum atomic E-state index is 13.4. The highest BCUT2D eigenvalue weighted by molar-refractivity contribution is 7.12. The average molecular weight is 427 g/mol. The molecule has 0 bridgehead atoms. The minimum absolute atomic E-state index is 0.199. The van der Waals surface area contributed by atoms with E-state index in [2.05, 4.69) is 0 Å². The van der Waals surface area contributed by atoms with E-state index in [0.717, 1.165) is 4.90 Å². The number of fused-ring (bicyclic) bond motifs is 1. The first-order chi connectivity index (χ1) is 14.4. The van der Waals surface area contributed by atoms with Crippen molar-refractivity contribution in [2.75, 3.05) is 13.7 Å². The fraction of sp³-hybridized carbons (Fsp3) is 0.333. The largest absolute Gasteiger partial charge is 0.497 e. The molecule has 0 radical (unpaired) electrons. The number of nitrogens with zero attached hydrogens (tertiary/aromatic N) is 2. The van der Waals surface area contributed by atoms with E-state index < -0.39 is 41.6 Å². The summed E-state index contributed by atoms with van der Waals surface area (Å²) >= 11 is 1.23. The summed E-state index contributed by atoms with van der Waals surface area (Å²) in [4.78, 5) is 54.9. The quantitative estimate of drug-likeness (QED) is 0.726. The molecule has 2 aliphatic rings. The van der Waals surface area contributed by atoms with Gasteiger partial charge in [0.25, 0.3) is 5.91 Å². The maximum Gasteiger partial charge on any atom is 0.265 e. The third-order valence-electron chi connectivity index (χ3n) is 5.80. The van der Waals surface area contributed by atoms with Gasteiger partial charge in [-0.25, -0.2) is 0 Å². The van der Waals surface area contributed by atoms with Gasteiger partial charge >= 0.3 is 0 Å². The van der Waals surface area contributed by atoms with E-state index >= 15 is 0 Å². The van der Waals surface area contributed by atoms with Gasteiger partial charge in [-0.2, -0.15) is 0 Å². The number of primary amides is 1. The van der Waals surface area contributed by atoms with Crippen LogP contribution in [0, 0.1) is 11.8 Å². The molecule has 4 unspecified atom stereocenters. The van der Waals surface area contributed by atoms with Gasteiger partial charge in [-0.3, -0.25) is 24.1 Å². The second-order valence-electron chi connectivity index (χ2n) is 7.23. The van der Waals surface area contributed by atoms with Crippen LogP contribution in [0.5, 0.6) is 5.75 Å². The van der Waals surface area contributed by atoms with Crippen molar-refractivity contribution in [1.29, 1.82) is 0 Å². The Labute approximate surface area is 177 Å². The third kappa shape index (κ3) is 2.88. The standard InChI is InChI=1S/C21H21N3O5S/c1-3-23-20(27)14-15(21(23)28)17(18(22)25)24(19(26)13-5-4-10-30-13)16(14)11-6-8-12(29-2)9-7-11/h4-10,14-17H,3H2,1-2H3,(H2,22,25). The van der Waals surface area contributed by atoms with Crippen molar-refractivity contribution in [3.8, 4) is 5.75 Å². The lowest BCUT2D eigenvalue weighted by Crippen LogP contribution is -2.50. The Morgan fingerprint density at radius 1 is 1.10 bits per heavy atom. The molecule has 2 aromatic rings. The van der Waals surface area contributed by atoms with E-state index in [4.69, 9.17) is 10.5 Å². The van der Waals surface area contributed by atoms with E-state index in [-0.39, 0.29) is 12.5 Å². The fourth-order valence-electron chi connectivity index (χ4n) is 4.53. The average Bonchev–Trinajstić information content (AvgIpc) is 3.44. The molecule has 3 heterocycles. The van der Waals surface area contributed by atoms with Gasteiger partial charge in [0, 0.05) is 6.54 Å². The normalized spacial score (nSPS) is 25.5. The molecular formula is C21H21N3O5S. The SMILES string of the molecule is CCN1C(=O)C2C(C1=O)C(c1ccc(OC)cc1)N(C(=O)c1cccs1)C2C(N)=O. The molecule has 2 fully saturated rings. The molecule has 30 heavy (non-hydrogen) atoms. The first kappa shape index (κ1) is 20.1. The van der Waals surface area contributed by atoms with Crippen LogP contribution in [-0.2, 0) is 14.4 Å². The Hall–Kier alpha value is -3.20. The molecular weight excluding hydrogens is 406 g/mol. The number of likely N-dealkylation sites (tertiary alicyclic amines) is 2. The number of amides is 4. The molecule has 0 aliphatic carbocycles. The lowest BCUT2D eigenvalue weighted by molar-refractivity contribution is -0.142. The summed E-state index contributed by atoms with van der Waals surface area (Å²) in [6.45, 7) is 1.90. The zero-order valence-electron chi connectivity index (χ0n) is 16.5. The molecule has 4 atom stereocenters. The number of ether oxygens (including phenoxy) is 1. The van der Waals surface area contributed by atoms with E-state index in [1.165, 1.54) is 23.3 Å². The molecule has 1 aromatic heterocycles. The highest BCUT2D eigenvalue weighted by Gasteiger charge is 2.64. The van der Waals surface area contributed by atoms with Crippen LogP contribution in [0.3, 0.4) is 0 Å². The second-order valence-corrected chi connectivity index (χ2v) is 8.17. The van der Waals surface area contributed by atoms with Gasteiger partial charge in [-0.05, 0) is 36.1 Å². The van der Waals surface area contributed by atoms with Crippen LogP contribution in [0.4, 0.5) is 0 Å². The summed E-state index contributed by atoms with van der Waals surface area (Å²) in [6.07, 6.45) is 0. The van der Waals surface area contributed by atoms with E-state index in [0.29, 0.717) is 16.2 Å². The number of methoxy groups -OCH3 is 1. The summed E-state index contributed by atoms with van der Waals surface area (Å²) < 4.78 is 5.20. The van der Waals surface area contributed by atoms with Gasteiger partial charge in [-0.15, -0.1) is 11.3 Å². The first-order valence-corrected chi connectivity index (χ1v) is 10.4. The number of carbonyl (C=O) groups excluding carboxylic acids is 4. The lowest BCUT2D eigenvalue weighted by Gasteiger charge is -2.32. The number of hydrogen-bond acceptors (Lipinski definition) is 6. The number of imide groups is 1. The fourth-order valence-corrected chi connectivity index (χ4v) is 5.20. The minimum Gasteiger partial charge on any atom is -0.497 e. The highest BCUT2D eigenvalue weighted by Crippen LogP contribution is 2.50. The molecule has 1 aromatic carbocycles. The van der Waals surface area contributed by atoms with Gasteiger partial charge < -0.3 is 15.4 Å². The molecule has 0 spiro atoms. The Morgan fingerprint density at radius 2 is 1.77 bits per heavy atom. The van der Waals surface area contributed by atoms with Gasteiger partial charge in [0.2, 0.25) is 17.7 Å². The van der Waals surface area contributed by atoms with E-state index in [1.807, 2.05) is 0 Å². The van der Waals surface area contributed by atoms with Gasteiger partial charge in [0.15, 0.2) is 0 Å². The van der Waals surface area contributed by atoms with Crippen molar-refractivity contribution in [1.82, 2.24) is 9.80 Å². The summed E-state index contributed by atoms with van der Waals surface area (Å²) in [7, 11) is 1.54. The Kier molecular flexibility index (Phi) is 5.07. The molecule has 2 N–H and O–H groups in total. The summed E-state index contributed by atoms with van der Waals surface area (Å²) in [6, 6.07) is 8.29. The number of benzene rings is 1. The van der Waals surface area contributed by atoms with E-state index in [1.54, 1.807) is 48.7 Å². The maximum absolute atomic E-state index is 13.4. The lowest BCUT2D eigenvalue weighted by atomic mass is 9.86. The van der Waals surface area contributed by atoms with Crippen molar-refractivity contribution >= 4 is 35.0 Å². The first-order valence-electron chi connectivity index (χ1n) is 9.55. The van der Waals surface area contributed by atoms with Crippen LogP contribution >= 0.6 is 11.3 Å². The summed E-state index contributed by atoms with van der Waals surface area (Å²) in [5.74, 6) is -3.33. The van der Waals surface area contributed by atoms with Crippen molar-refractivity contribution in [3.05, 3.63) is 52.2 Å². The Morgan fingerprint density at radius 3 is 2.30 bits per heavy atom. The smallest absolute Gasteiger partial charge is 0.265 e. The zero-order chi connectivity index (χ0) is 21.6. The molecule has 2 aliphatic heterocycles. The van der Waals surface area contributed by atoms with Crippen LogP contribution in [0.25, 0.3) is 0 Å². The number of thiophene rings is 1. The van der Waals surface area contributed by atoms with Crippen LogP contribution in [0.2, 0.25) is 0 Å². The minimum atomic E-state index is -1.20. The molecule has 4 rings (SSSR count). The number of nitrogens with two attached hydrogens (primary N) is 1. The van der Waals surface area contributed by atoms with Crippen molar-refractivity contribution < 1.29 is 23.9 Å². The monoisotopic (exact) mass is 427 g/mol. The van der Waals surface area contributed by atoms with Crippen LogP contribution in [0.15, 0.2) is 41.8 Å². The van der Waals surface area contributed by atoms with Gasteiger partial charge in [0.1, 0.15) is 11.8 Å². The van der Waals surface area contributed by atoms with Crippen molar-refractivity contribution in [2.45, 2.75) is 19.0 Å². The van der Waals surface area contributed by atoms with Gasteiger partial charge in [0.05, 0.1) is 29.9 Å². The van der Waals surface area contributed by atoms with Crippen LogP contribution < -0.4 is 10.5 Å². The molecule has 8 nitrogen and oxygen atoms in total. The molecule has 9 heteroatoms. The number of carbonyl (C=O) groups is 4. The van der Waals surface area contributed by atoms with Crippen molar-refractivity contribution in [3.63, 3.8) is 0 Å². The molecule has 0 saturated carbocycles. The van der Waals surface area contributed by atoms with Crippen molar-refractivity contribution in [2.24, 2.45) is 17.6 Å². The van der Waals surface area contributed by atoms with Crippen LogP contribution in [0.1, 0.15) is 28.2 Å². The van der Waals surface area contributed by atoms with Crippen LogP contribution in [-0.4, -0.2) is 53.1 Å². The molecule has 2 saturated heterocycles. The Bertz CT molecular complexity index is 1000. The predicted molar refractivity (Wildman–Crippen MR) is 109 cm³/mol. The highest BCUT2D eigenvalue weighted by atomic mass is 32.1. The zero-order valence-corrected chi connectivity index (χ0v) is 17.3. The topological polar surface area (TPSA) is 110 Å². The number of hydrogen-bond donors (Lipinski definition) is 1. The third-order valence-corrected chi connectivity index (χ3v) is 6.66. The van der Waals surface area contributed by atoms with E-state index in [9.17, 15) is 19.2 Å². The number of rotatable bonds is 5. The molecule has 156 valence electrons.